The molecule has 9 heteroatoms. The number of aromatic nitrogens is 2. The maximum atomic E-state index is 13.2. The molecule has 2 heterocycles. The van der Waals surface area contributed by atoms with Crippen LogP contribution in [0, 0.1) is 12.8 Å². The lowest BCUT2D eigenvalue weighted by molar-refractivity contribution is -0.146. The molecule has 0 saturated carbocycles. The second kappa shape index (κ2) is 9.82. The predicted octanol–water partition coefficient (Wildman–Crippen LogP) is 5.28. The highest BCUT2D eigenvalue weighted by molar-refractivity contribution is 8.26. The number of para-hydroxylation sites is 2. The minimum absolute atomic E-state index is 0.219. The van der Waals surface area contributed by atoms with Gasteiger partial charge in [-0.1, -0.05) is 74.2 Å². The van der Waals surface area contributed by atoms with Crippen LogP contribution in [0.1, 0.15) is 25.1 Å². The third-order valence-corrected chi connectivity index (χ3v) is 6.61. The van der Waals surface area contributed by atoms with Gasteiger partial charge in [0.25, 0.3) is 5.91 Å². The van der Waals surface area contributed by atoms with Gasteiger partial charge in [0.05, 0.1) is 21.8 Å². The van der Waals surface area contributed by atoms with Crippen LogP contribution in [-0.4, -0.2) is 42.0 Å². The maximum Gasteiger partial charge on any atom is 0.327 e. The summed E-state index contributed by atoms with van der Waals surface area (Å²) in [6.45, 7) is 5.33. The highest BCUT2D eigenvalue weighted by atomic mass is 32.2. The van der Waals surface area contributed by atoms with Crippen LogP contribution in [0.3, 0.4) is 0 Å². The molecule has 2 aromatic carbocycles. The zero-order valence-electron chi connectivity index (χ0n) is 18.8. The van der Waals surface area contributed by atoms with Crippen LogP contribution >= 0.6 is 24.0 Å². The number of benzene rings is 2. The van der Waals surface area contributed by atoms with Gasteiger partial charge in [0.2, 0.25) is 5.88 Å². The topological polar surface area (TPSA) is 84.7 Å². The Bertz CT molecular complexity index is 1270. The number of carbonyl (C=O) groups is 2. The van der Waals surface area contributed by atoms with E-state index in [-0.39, 0.29) is 10.2 Å². The average Bonchev–Trinajstić information content (AvgIpc) is 3.26. The Morgan fingerprint density at radius 2 is 1.74 bits per heavy atom. The number of aliphatic carboxylic acids is 1. The molecule has 34 heavy (non-hydrogen) atoms. The largest absolute Gasteiger partial charge is 0.480 e. The van der Waals surface area contributed by atoms with Crippen LogP contribution in [0.15, 0.2) is 65.6 Å². The summed E-state index contributed by atoms with van der Waals surface area (Å²) in [6, 6.07) is 17.8. The van der Waals surface area contributed by atoms with E-state index in [1.165, 1.54) is 4.90 Å². The molecular weight excluding hydrogens is 470 g/mol. The standard InChI is InChI=1S/C25H23N3O4S2/c1-15(2)21(24(30)31)27-22(29)20(34-25(27)33)14-19-16(3)26-28(17-10-6-4-7-11-17)23(19)32-18-12-8-5-9-13-18/h4-15,21H,1-3H3,(H,30,31)/b20-14-/t21-/m0/s1. The number of rotatable bonds is 7. The van der Waals surface area contributed by atoms with Gasteiger partial charge in [0.15, 0.2) is 0 Å². The first-order chi connectivity index (χ1) is 16.3. The van der Waals surface area contributed by atoms with Crippen LogP contribution in [0.5, 0.6) is 11.6 Å². The molecule has 0 radical (unpaired) electrons. The lowest BCUT2D eigenvalue weighted by Gasteiger charge is -2.26. The van der Waals surface area contributed by atoms with Crippen molar-refractivity contribution in [3.63, 3.8) is 0 Å². The van der Waals surface area contributed by atoms with E-state index in [2.05, 4.69) is 5.10 Å². The second-order valence-corrected chi connectivity index (χ2v) is 9.72. The molecule has 1 atom stereocenters. The minimum atomic E-state index is -1.09. The first-order valence-corrected chi connectivity index (χ1v) is 11.9. The van der Waals surface area contributed by atoms with E-state index in [0.717, 1.165) is 17.4 Å². The lowest BCUT2D eigenvalue weighted by atomic mass is 10.0. The molecule has 4 rings (SSSR count). The third-order valence-electron chi connectivity index (χ3n) is 5.28. The molecule has 3 aromatic rings. The van der Waals surface area contributed by atoms with Gasteiger partial charge in [-0.25, -0.2) is 4.79 Å². The normalized spacial score (nSPS) is 15.9. The summed E-state index contributed by atoms with van der Waals surface area (Å²) < 4.78 is 8.14. The van der Waals surface area contributed by atoms with Gasteiger partial charge >= 0.3 is 5.97 Å². The monoisotopic (exact) mass is 493 g/mol. The van der Waals surface area contributed by atoms with E-state index < -0.39 is 17.9 Å². The fraction of sp³-hybridized carbons (Fsp3) is 0.200. The second-order valence-electron chi connectivity index (χ2n) is 8.05. The molecule has 0 aliphatic carbocycles. The first kappa shape index (κ1) is 23.7. The number of carboxylic acids is 1. The van der Waals surface area contributed by atoms with Crippen molar-refractivity contribution in [2.45, 2.75) is 26.8 Å². The molecule has 7 nitrogen and oxygen atoms in total. The van der Waals surface area contributed by atoms with Crippen molar-refractivity contribution < 1.29 is 19.4 Å². The number of amides is 1. The summed E-state index contributed by atoms with van der Waals surface area (Å²) in [4.78, 5) is 26.6. The molecule has 1 amide bonds. The van der Waals surface area contributed by atoms with Crippen LogP contribution in [-0.2, 0) is 9.59 Å². The Balaban J connectivity index is 1.80. The van der Waals surface area contributed by atoms with Crippen LogP contribution in [0.4, 0.5) is 0 Å². The van der Waals surface area contributed by atoms with E-state index in [1.54, 1.807) is 24.6 Å². The predicted molar refractivity (Wildman–Crippen MR) is 136 cm³/mol. The summed E-state index contributed by atoms with van der Waals surface area (Å²) in [5.41, 5.74) is 2.07. The Labute approximate surface area is 207 Å². The van der Waals surface area contributed by atoms with Crippen LogP contribution in [0.2, 0.25) is 0 Å². The van der Waals surface area contributed by atoms with Gasteiger partial charge in [-0.05, 0) is 43.2 Å². The number of nitrogens with zero attached hydrogens (tertiary/aromatic N) is 3. The number of thioether (sulfide) groups is 1. The first-order valence-electron chi connectivity index (χ1n) is 10.7. The van der Waals surface area contributed by atoms with Gasteiger partial charge in [-0.15, -0.1) is 0 Å². The zero-order valence-corrected chi connectivity index (χ0v) is 20.5. The SMILES string of the molecule is Cc1nn(-c2ccccc2)c(Oc2ccccc2)c1/C=C1\SC(=S)N([C@H](C(=O)O)C(C)C)C1=O. The van der Waals surface area contributed by atoms with E-state index in [1.807, 2.05) is 67.6 Å². The number of ether oxygens (including phenoxy) is 1. The number of carbonyl (C=O) groups excluding carboxylic acids is 1. The van der Waals surface area contributed by atoms with E-state index in [0.29, 0.717) is 27.8 Å². The summed E-state index contributed by atoms with van der Waals surface area (Å²) in [5, 5.41) is 14.3. The Hall–Kier alpha value is -3.43. The molecular formula is C25H23N3O4S2. The average molecular weight is 494 g/mol. The van der Waals surface area contributed by atoms with Crippen molar-refractivity contribution in [1.29, 1.82) is 0 Å². The summed E-state index contributed by atoms with van der Waals surface area (Å²) in [7, 11) is 0. The van der Waals surface area contributed by atoms with Gasteiger partial charge < -0.3 is 9.84 Å². The number of carboxylic acid groups (broad SMARTS) is 1. The molecule has 174 valence electrons. The smallest absolute Gasteiger partial charge is 0.327 e. The molecule has 0 spiro atoms. The molecule has 1 aliphatic rings. The minimum Gasteiger partial charge on any atom is -0.480 e. The van der Waals surface area contributed by atoms with Crippen molar-refractivity contribution in [1.82, 2.24) is 14.7 Å². The van der Waals surface area contributed by atoms with Gasteiger partial charge in [-0.2, -0.15) is 9.78 Å². The van der Waals surface area contributed by atoms with E-state index in [9.17, 15) is 14.7 Å². The number of aryl methyl sites for hydroxylation is 1. The van der Waals surface area contributed by atoms with Crippen LogP contribution in [0.25, 0.3) is 11.8 Å². The summed E-state index contributed by atoms with van der Waals surface area (Å²) in [5.74, 6) is -0.771. The number of hydrogen-bond acceptors (Lipinski definition) is 6. The molecule has 1 N–H and O–H groups in total. The number of hydrogen-bond donors (Lipinski definition) is 1. The summed E-state index contributed by atoms with van der Waals surface area (Å²) >= 11 is 6.47. The lowest BCUT2D eigenvalue weighted by Crippen LogP contribution is -2.47. The maximum absolute atomic E-state index is 13.2. The van der Waals surface area contributed by atoms with Crippen molar-refractivity contribution in [2.75, 3.05) is 0 Å². The Kier molecular flexibility index (Phi) is 6.85. The molecule has 1 saturated heterocycles. The van der Waals surface area contributed by atoms with Gasteiger partial charge in [-0.3, -0.25) is 9.69 Å². The van der Waals surface area contributed by atoms with Crippen molar-refractivity contribution in [2.24, 2.45) is 5.92 Å². The van der Waals surface area contributed by atoms with Crippen LogP contribution < -0.4 is 4.74 Å². The molecule has 1 aromatic heterocycles. The van der Waals surface area contributed by atoms with E-state index >= 15 is 0 Å². The highest BCUT2D eigenvalue weighted by Crippen LogP contribution is 2.39. The number of thiocarbonyl (C=S) groups is 1. The molecule has 1 fully saturated rings. The van der Waals surface area contributed by atoms with Gasteiger partial charge in [0, 0.05) is 0 Å². The quantitative estimate of drug-likeness (QED) is 0.354. The molecule has 1 aliphatic heterocycles. The van der Waals surface area contributed by atoms with Crippen molar-refractivity contribution in [3.05, 3.63) is 76.8 Å². The Morgan fingerprint density at radius 1 is 1.12 bits per heavy atom. The zero-order chi connectivity index (χ0) is 24.4. The molecule has 0 unspecified atom stereocenters. The van der Waals surface area contributed by atoms with Crippen molar-refractivity contribution >= 4 is 46.3 Å². The fourth-order valence-corrected chi connectivity index (χ4v) is 4.98. The third kappa shape index (κ3) is 4.62. The fourth-order valence-electron chi connectivity index (χ4n) is 3.67. The Morgan fingerprint density at radius 3 is 2.32 bits per heavy atom. The van der Waals surface area contributed by atoms with Crippen molar-refractivity contribution in [3.8, 4) is 17.3 Å². The van der Waals surface area contributed by atoms with E-state index in [4.69, 9.17) is 17.0 Å². The van der Waals surface area contributed by atoms with Gasteiger partial charge in [0.1, 0.15) is 16.1 Å². The highest BCUT2D eigenvalue weighted by Gasteiger charge is 2.42. The molecule has 0 bridgehead atoms. The summed E-state index contributed by atoms with van der Waals surface area (Å²) in [6.07, 6.45) is 1.68.